The first-order chi connectivity index (χ1) is 8.41. The van der Waals surface area contributed by atoms with E-state index in [1.165, 1.54) is 7.11 Å². The minimum Gasteiger partial charge on any atom is -0.481 e. The number of anilines is 2. The largest absolute Gasteiger partial charge is 0.481 e. The minimum atomic E-state index is -2.95. The van der Waals surface area contributed by atoms with Gasteiger partial charge in [0.05, 0.1) is 18.6 Å². The number of nitrogen functional groups attached to an aromatic ring is 1. The maximum Gasteiger partial charge on any atom is 0.225 e. The highest BCUT2D eigenvalue weighted by atomic mass is 32.2. The zero-order valence-electron chi connectivity index (χ0n) is 10.3. The molecule has 2 heterocycles. The predicted molar refractivity (Wildman–Crippen MR) is 68.5 cm³/mol. The lowest BCUT2D eigenvalue weighted by Gasteiger charge is -2.34. The summed E-state index contributed by atoms with van der Waals surface area (Å²) < 4.78 is 28.1. The highest BCUT2D eigenvalue weighted by molar-refractivity contribution is 7.91. The third-order valence-electron chi connectivity index (χ3n) is 2.88. The highest BCUT2D eigenvalue weighted by Crippen LogP contribution is 2.23. The van der Waals surface area contributed by atoms with Crippen molar-refractivity contribution in [2.75, 3.05) is 35.8 Å². The Bertz CT molecular complexity index is 546. The van der Waals surface area contributed by atoms with Crippen LogP contribution < -0.4 is 15.4 Å². The SMILES string of the molecule is COc1cc(N2CCS(=O)(=O)CC2C)nc(N)n1. The van der Waals surface area contributed by atoms with Crippen molar-refractivity contribution < 1.29 is 13.2 Å². The lowest BCUT2D eigenvalue weighted by atomic mass is 10.3. The van der Waals surface area contributed by atoms with Gasteiger partial charge in [0.25, 0.3) is 0 Å². The Hall–Kier alpha value is -1.57. The van der Waals surface area contributed by atoms with Gasteiger partial charge < -0.3 is 15.4 Å². The molecule has 0 bridgehead atoms. The summed E-state index contributed by atoms with van der Waals surface area (Å²) in [6, 6.07) is 1.52. The molecule has 0 amide bonds. The Balaban J connectivity index is 2.29. The molecule has 2 rings (SSSR count). The van der Waals surface area contributed by atoms with Crippen LogP contribution in [-0.2, 0) is 9.84 Å². The molecule has 0 aliphatic carbocycles. The van der Waals surface area contributed by atoms with Gasteiger partial charge in [0.1, 0.15) is 5.82 Å². The average Bonchev–Trinajstić information content (AvgIpc) is 2.26. The summed E-state index contributed by atoms with van der Waals surface area (Å²) in [5.74, 6) is 1.34. The Kier molecular flexibility index (Phi) is 3.29. The van der Waals surface area contributed by atoms with E-state index in [0.717, 1.165) is 0 Å². The quantitative estimate of drug-likeness (QED) is 0.788. The van der Waals surface area contributed by atoms with Crippen molar-refractivity contribution in [1.82, 2.24) is 9.97 Å². The molecule has 0 aromatic carbocycles. The Morgan fingerprint density at radius 3 is 2.83 bits per heavy atom. The van der Waals surface area contributed by atoms with Crippen molar-refractivity contribution >= 4 is 21.6 Å². The van der Waals surface area contributed by atoms with Crippen LogP contribution in [0.5, 0.6) is 5.88 Å². The van der Waals surface area contributed by atoms with Crippen molar-refractivity contribution in [1.29, 1.82) is 0 Å². The molecule has 100 valence electrons. The van der Waals surface area contributed by atoms with E-state index >= 15 is 0 Å². The van der Waals surface area contributed by atoms with E-state index in [1.807, 2.05) is 11.8 Å². The standard InChI is InChI=1S/C10H16N4O3S/c1-7-6-18(15,16)4-3-14(7)8-5-9(17-2)13-10(11)12-8/h5,7H,3-4,6H2,1-2H3,(H2,11,12,13). The summed E-state index contributed by atoms with van der Waals surface area (Å²) in [5, 5.41) is 0. The van der Waals surface area contributed by atoms with Crippen LogP contribution in [0.25, 0.3) is 0 Å². The van der Waals surface area contributed by atoms with Crippen molar-refractivity contribution in [3.05, 3.63) is 6.07 Å². The molecule has 0 spiro atoms. The molecular formula is C10H16N4O3S. The number of nitrogens with zero attached hydrogens (tertiary/aromatic N) is 3. The fraction of sp³-hybridized carbons (Fsp3) is 0.600. The number of rotatable bonds is 2. The Morgan fingerprint density at radius 1 is 1.50 bits per heavy atom. The molecule has 0 radical (unpaired) electrons. The van der Waals surface area contributed by atoms with E-state index in [2.05, 4.69) is 9.97 Å². The van der Waals surface area contributed by atoms with E-state index in [1.54, 1.807) is 6.07 Å². The summed E-state index contributed by atoms with van der Waals surface area (Å²) >= 11 is 0. The van der Waals surface area contributed by atoms with Gasteiger partial charge in [-0.1, -0.05) is 0 Å². The second-order valence-electron chi connectivity index (χ2n) is 4.28. The van der Waals surface area contributed by atoms with Gasteiger partial charge in [0.2, 0.25) is 11.8 Å². The molecule has 1 aromatic rings. The lowest BCUT2D eigenvalue weighted by molar-refractivity contribution is 0.397. The van der Waals surface area contributed by atoms with Crippen molar-refractivity contribution in [2.24, 2.45) is 0 Å². The maximum atomic E-state index is 11.5. The van der Waals surface area contributed by atoms with Crippen LogP contribution in [0.4, 0.5) is 11.8 Å². The monoisotopic (exact) mass is 272 g/mol. The van der Waals surface area contributed by atoms with Gasteiger partial charge in [0.15, 0.2) is 9.84 Å². The normalized spacial score (nSPS) is 22.8. The molecule has 1 atom stereocenters. The summed E-state index contributed by atoms with van der Waals surface area (Å²) in [6.45, 7) is 2.25. The second kappa shape index (κ2) is 4.60. The fourth-order valence-corrected chi connectivity index (χ4v) is 3.58. The molecular weight excluding hydrogens is 256 g/mol. The van der Waals surface area contributed by atoms with Gasteiger partial charge in [0, 0.05) is 18.7 Å². The third kappa shape index (κ3) is 2.63. The Morgan fingerprint density at radius 2 is 2.22 bits per heavy atom. The van der Waals surface area contributed by atoms with E-state index in [-0.39, 0.29) is 23.5 Å². The van der Waals surface area contributed by atoms with Gasteiger partial charge in [-0.05, 0) is 6.92 Å². The van der Waals surface area contributed by atoms with Gasteiger partial charge >= 0.3 is 0 Å². The first kappa shape index (κ1) is 12.9. The second-order valence-corrected chi connectivity index (χ2v) is 6.51. The van der Waals surface area contributed by atoms with Crippen LogP contribution in [0.1, 0.15) is 6.92 Å². The summed E-state index contributed by atoms with van der Waals surface area (Å²) in [6.07, 6.45) is 0. The topological polar surface area (TPSA) is 98.4 Å². The number of sulfone groups is 1. The first-order valence-electron chi connectivity index (χ1n) is 5.57. The van der Waals surface area contributed by atoms with Crippen LogP contribution in [0, 0.1) is 0 Å². The van der Waals surface area contributed by atoms with E-state index in [0.29, 0.717) is 18.2 Å². The van der Waals surface area contributed by atoms with E-state index < -0.39 is 9.84 Å². The number of nitrogens with two attached hydrogens (primary N) is 1. The average molecular weight is 272 g/mol. The minimum absolute atomic E-state index is 0.116. The number of ether oxygens (including phenoxy) is 1. The van der Waals surface area contributed by atoms with Crippen molar-refractivity contribution in [3.63, 3.8) is 0 Å². The smallest absolute Gasteiger partial charge is 0.225 e. The highest BCUT2D eigenvalue weighted by Gasteiger charge is 2.29. The molecule has 8 heteroatoms. The summed E-state index contributed by atoms with van der Waals surface area (Å²) in [4.78, 5) is 9.93. The van der Waals surface area contributed by atoms with Crippen LogP contribution in [-0.4, -0.2) is 49.6 Å². The number of hydrogen-bond acceptors (Lipinski definition) is 7. The predicted octanol–water partition coefficient (Wildman–Crippen LogP) is -0.309. The van der Waals surface area contributed by atoms with Crippen LogP contribution >= 0.6 is 0 Å². The molecule has 1 aromatic heterocycles. The summed E-state index contributed by atoms with van der Waals surface area (Å²) in [5.41, 5.74) is 5.59. The maximum absolute atomic E-state index is 11.5. The van der Waals surface area contributed by atoms with Gasteiger partial charge in [-0.15, -0.1) is 0 Å². The number of hydrogen-bond donors (Lipinski definition) is 1. The van der Waals surface area contributed by atoms with Gasteiger partial charge in [-0.3, -0.25) is 0 Å². The number of methoxy groups -OCH3 is 1. The molecule has 1 aliphatic heterocycles. The van der Waals surface area contributed by atoms with Gasteiger partial charge in [-0.2, -0.15) is 9.97 Å². The van der Waals surface area contributed by atoms with E-state index in [4.69, 9.17) is 10.5 Å². The fourth-order valence-electron chi connectivity index (χ4n) is 2.02. The van der Waals surface area contributed by atoms with Crippen molar-refractivity contribution in [3.8, 4) is 5.88 Å². The molecule has 1 aliphatic rings. The lowest BCUT2D eigenvalue weighted by Crippen LogP contribution is -2.47. The Labute approximate surface area is 106 Å². The molecule has 2 N–H and O–H groups in total. The first-order valence-corrected chi connectivity index (χ1v) is 7.39. The molecule has 0 saturated carbocycles. The molecule has 1 unspecified atom stereocenters. The molecule has 1 fully saturated rings. The van der Waals surface area contributed by atoms with E-state index in [9.17, 15) is 8.42 Å². The van der Waals surface area contributed by atoms with Crippen molar-refractivity contribution in [2.45, 2.75) is 13.0 Å². The third-order valence-corrected chi connectivity index (χ3v) is 4.68. The van der Waals surface area contributed by atoms with Crippen LogP contribution in [0.3, 0.4) is 0 Å². The summed E-state index contributed by atoms with van der Waals surface area (Å²) in [7, 11) is -1.45. The molecule has 7 nitrogen and oxygen atoms in total. The molecule has 18 heavy (non-hydrogen) atoms. The van der Waals surface area contributed by atoms with Crippen LogP contribution in [0.15, 0.2) is 6.07 Å². The van der Waals surface area contributed by atoms with Crippen LogP contribution in [0.2, 0.25) is 0 Å². The molecule has 1 saturated heterocycles. The van der Waals surface area contributed by atoms with Gasteiger partial charge in [-0.25, -0.2) is 8.42 Å². The number of aromatic nitrogens is 2. The zero-order valence-corrected chi connectivity index (χ0v) is 11.1. The zero-order chi connectivity index (χ0) is 13.3.